The summed E-state index contributed by atoms with van der Waals surface area (Å²) in [6, 6.07) is 17.3. The monoisotopic (exact) mass is 769 g/mol. The van der Waals surface area contributed by atoms with Crippen molar-refractivity contribution in [2.75, 3.05) is 18.0 Å². The van der Waals surface area contributed by atoms with Crippen LogP contribution in [0.3, 0.4) is 0 Å². The quantitative estimate of drug-likeness (QED) is 0.257. The average Bonchev–Trinajstić information content (AvgIpc) is 3.56. The van der Waals surface area contributed by atoms with Crippen LogP contribution in [0, 0.1) is 45.3 Å². The van der Waals surface area contributed by atoms with Gasteiger partial charge in [-0.15, -0.1) is 0 Å². The minimum absolute atomic E-state index is 0.0203. The van der Waals surface area contributed by atoms with E-state index in [9.17, 15) is 29.2 Å². The molecule has 0 radical (unpaired) electrons. The van der Waals surface area contributed by atoms with Gasteiger partial charge in [0.05, 0.1) is 21.7 Å². The number of hydrogen-bond acceptors (Lipinski definition) is 8. The zero-order valence-corrected chi connectivity index (χ0v) is 32.3. The van der Waals surface area contributed by atoms with Gasteiger partial charge >= 0.3 is 0 Å². The number of piperidine rings is 1. The molecule has 6 aliphatic rings. The molecule has 4 aliphatic heterocycles. The minimum atomic E-state index is -0.984. The number of imide groups is 2. The first kappa shape index (κ1) is 36.0. The van der Waals surface area contributed by atoms with Crippen LogP contribution in [-0.4, -0.2) is 70.6 Å². The van der Waals surface area contributed by atoms with Crippen LogP contribution in [0.15, 0.2) is 54.6 Å². The predicted molar refractivity (Wildman–Crippen MR) is 206 cm³/mol. The summed E-state index contributed by atoms with van der Waals surface area (Å²) in [6.45, 7) is 10.7. The molecule has 1 unspecified atom stereocenters. The van der Waals surface area contributed by atoms with Gasteiger partial charge in [0, 0.05) is 77.1 Å². The van der Waals surface area contributed by atoms with E-state index in [2.05, 4.69) is 55.8 Å². The number of nitrogens with zero attached hydrogens (tertiary/aromatic N) is 4. The van der Waals surface area contributed by atoms with Crippen molar-refractivity contribution in [3.63, 3.8) is 0 Å². The number of carbonyl (C=O) groups is 5. The molecule has 0 bridgehead atoms. The molecular formula is C44H40ClN5O6. The van der Waals surface area contributed by atoms with E-state index in [1.54, 1.807) is 30.3 Å². The van der Waals surface area contributed by atoms with Crippen LogP contribution in [-0.2, 0) is 16.1 Å². The summed E-state index contributed by atoms with van der Waals surface area (Å²) in [7, 11) is 0. The maximum Gasteiger partial charge on any atom is 0.262 e. The maximum atomic E-state index is 13.8. The summed E-state index contributed by atoms with van der Waals surface area (Å²) in [6.07, 6.45) is 1.98. The van der Waals surface area contributed by atoms with Gasteiger partial charge in [0.25, 0.3) is 17.7 Å². The molecule has 0 aromatic heterocycles. The van der Waals surface area contributed by atoms with Crippen molar-refractivity contribution in [1.29, 1.82) is 5.26 Å². The van der Waals surface area contributed by atoms with Crippen LogP contribution in [0.2, 0.25) is 5.02 Å². The standard InChI is InChI=1S/C44H40ClN5O6/c1-42(2)40(43(3,4)41(42)56-29-10-8-26(20-46)33(45)17-29)49-21-27-15-24(7-11-30(27)37(49)53)5-6-25-18-44(19-25)22-48(23-44)28-9-12-31-32(16-28)39(55)50(38(31)54)34-13-14-35(51)47-36(34)52/h7-12,15-17,25,34,40-41H,13-14,18-19,21-23H2,1-4H3,(H,47,51,52)/t34?,40-,41-. The zero-order valence-electron chi connectivity index (χ0n) is 31.6. The molecule has 284 valence electrons. The highest BCUT2D eigenvalue weighted by Crippen LogP contribution is 2.59. The number of carbonyl (C=O) groups excluding carboxylic acids is 5. The van der Waals surface area contributed by atoms with Crippen molar-refractivity contribution in [3.05, 3.63) is 93.0 Å². The molecule has 56 heavy (non-hydrogen) atoms. The molecule has 4 heterocycles. The third-order valence-electron chi connectivity index (χ3n) is 12.9. The number of halogens is 1. The van der Waals surface area contributed by atoms with E-state index in [0.717, 1.165) is 47.6 Å². The number of nitrogens with one attached hydrogen (secondary N) is 1. The Hall–Kier alpha value is -5.65. The number of amides is 5. The van der Waals surface area contributed by atoms with Gasteiger partial charge in [-0.3, -0.25) is 34.2 Å². The van der Waals surface area contributed by atoms with Crippen LogP contribution in [0.4, 0.5) is 5.69 Å². The molecule has 12 heteroatoms. The van der Waals surface area contributed by atoms with E-state index in [1.165, 1.54) is 0 Å². The van der Waals surface area contributed by atoms with E-state index in [-0.39, 0.29) is 58.6 Å². The third kappa shape index (κ3) is 5.43. The highest BCUT2D eigenvalue weighted by molar-refractivity contribution is 6.31. The molecule has 1 N–H and O–H groups in total. The lowest BCUT2D eigenvalue weighted by molar-refractivity contribution is -0.199. The Morgan fingerprint density at radius 2 is 1.57 bits per heavy atom. The van der Waals surface area contributed by atoms with Crippen LogP contribution < -0.4 is 15.0 Å². The van der Waals surface area contributed by atoms with E-state index in [4.69, 9.17) is 16.3 Å². The number of nitriles is 1. The number of benzene rings is 3. The van der Waals surface area contributed by atoms with Gasteiger partial charge in [-0.05, 0) is 73.4 Å². The van der Waals surface area contributed by atoms with Gasteiger partial charge in [-0.2, -0.15) is 5.26 Å². The molecule has 2 saturated carbocycles. The fourth-order valence-electron chi connectivity index (χ4n) is 10.8. The third-order valence-corrected chi connectivity index (χ3v) is 13.3. The molecule has 11 nitrogen and oxygen atoms in total. The Kier molecular flexibility index (Phi) is 7.99. The SMILES string of the molecule is CC1(C)[C@H](Oc2ccc(C#N)c(Cl)c2)C(C)(C)[C@H]1N1Cc2cc(C#CC3CC4(C3)CN(c3ccc5c(c3)C(=O)N(C3CCC(=O)NC3=O)C5=O)C4)ccc2C1=O. The molecule has 4 fully saturated rings. The summed E-state index contributed by atoms with van der Waals surface area (Å²) in [5, 5.41) is 11.8. The normalized spacial score (nSPS) is 25.3. The van der Waals surface area contributed by atoms with Gasteiger partial charge in [0.15, 0.2) is 0 Å². The lowest BCUT2D eigenvalue weighted by Crippen LogP contribution is -2.74. The van der Waals surface area contributed by atoms with Crippen molar-refractivity contribution < 1.29 is 28.7 Å². The Morgan fingerprint density at radius 3 is 2.27 bits per heavy atom. The number of hydrogen-bond donors (Lipinski definition) is 1. The second-order valence-electron chi connectivity index (χ2n) is 17.5. The smallest absolute Gasteiger partial charge is 0.262 e. The minimum Gasteiger partial charge on any atom is -0.489 e. The van der Waals surface area contributed by atoms with Gasteiger partial charge in [0.1, 0.15) is 24.0 Å². The van der Waals surface area contributed by atoms with Crippen molar-refractivity contribution >= 4 is 46.8 Å². The zero-order chi connectivity index (χ0) is 39.5. The van der Waals surface area contributed by atoms with Crippen molar-refractivity contribution in [2.24, 2.45) is 22.2 Å². The summed E-state index contributed by atoms with van der Waals surface area (Å²) in [5.41, 5.74) is 3.88. The topological polar surface area (TPSA) is 140 Å². The molecule has 9 rings (SSSR count). The lowest BCUT2D eigenvalue weighted by atomic mass is 9.49. The van der Waals surface area contributed by atoms with Crippen LogP contribution in [0.1, 0.15) is 101 Å². The van der Waals surface area contributed by atoms with E-state index in [1.807, 2.05) is 29.2 Å². The first-order valence-electron chi connectivity index (χ1n) is 19.0. The van der Waals surface area contributed by atoms with Crippen molar-refractivity contribution in [3.8, 4) is 23.7 Å². The average molecular weight is 770 g/mol. The van der Waals surface area contributed by atoms with E-state index in [0.29, 0.717) is 34.0 Å². The van der Waals surface area contributed by atoms with Crippen LogP contribution >= 0.6 is 11.6 Å². The number of fused-ring (bicyclic) bond motifs is 2. The second kappa shape index (κ2) is 12.4. The summed E-state index contributed by atoms with van der Waals surface area (Å²) < 4.78 is 6.46. The second-order valence-corrected chi connectivity index (χ2v) is 17.9. The number of anilines is 1. The summed E-state index contributed by atoms with van der Waals surface area (Å²) in [5.74, 6) is 5.72. The van der Waals surface area contributed by atoms with Gasteiger partial charge < -0.3 is 14.5 Å². The molecule has 1 spiro atoms. The van der Waals surface area contributed by atoms with Crippen molar-refractivity contribution in [2.45, 2.75) is 78.1 Å². The lowest BCUT2D eigenvalue weighted by Gasteiger charge is -2.65. The molecular weight excluding hydrogens is 730 g/mol. The fraction of sp³-hybridized carbons (Fsp3) is 0.409. The summed E-state index contributed by atoms with van der Waals surface area (Å²) >= 11 is 6.28. The van der Waals surface area contributed by atoms with Gasteiger partial charge in [-0.1, -0.05) is 51.1 Å². The first-order chi connectivity index (χ1) is 26.6. The molecule has 5 amide bonds. The molecule has 3 aromatic carbocycles. The summed E-state index contributed by atoms with van der Waals surface area (Å²) in [4.78, 5) is 69.4. The Bertz CT molecular complexity index is 2390. The molecule has 3 aromatic rings. The van der Waals surface area contributed by atoms with Crippen LogP contribution in [0.25, 0.3) is 0 Å². The Balaban J connectivity index is 0.808. The van der Waals surface area contributed by atoms with E-state index >= 15 is 0 Å². The molecule has 2 saturated heterocycles. The number of ether oxygens (including phenoxy) is 1. The highest BCUT2D eigenvalue weighted by atomic mass is 35.5. The van der Waals surface area contributed by atoms with Crippen molar-refractivity contribution in [1.82, 2.24) is 15.1 Å². The predicted octanol–water partition coefficient (Wildman–Crippen LogP) is 5.72. The van der Waals surface area contributed by atoms with E-state index < -0.39 is 29.7 Å². The maximum absolute atomic E-state index is 13.8. The molecule has 1 atom stereocenters. The fourth-order valence-corrected chi connectivity index (χ4v) is 11.0. The Morgan fingerprint density at radius 1 is 0.857 bits per heavy atom. The van der Waals surface area contributed by atoms with Gasteiger partial charge in [0.2, 0.25) is 11.8 Å². The largest absolute Gasteiger partial charge is 0.489 e. The first-order valence-corrected chi connectivity index (χ1v) is 19.4. The van der Waals surface area contributed by atoms with Gasteiger partial charge in [-0.25, -0.2) is 0 Å². The highest BCUT2D eigenvalue weighted by Gasteiger charge is 2.67. The Labute approximate surface area is 329 Å². The number of rotatable bonds is 5. The molecule has 2 aliphatic carbocycles. The van der Waals surface area contributed by atoms with Crippen LogP contribution in [0.5, 0.6) is 5.75 Å².